The minimum atomic E-state index is -1.15. The van der Waals surface area contributed by atoms with Crippen LogP contribution < -0.4 is 0 Å². The smallest absolute Gasteiger partial charge is 0.311 e. The first-order valence-corrected chi connectivity index (χ1v) is 12.8. The fourth-order valence-electron chi connectivity index (χ4n) is 5.24. The SMILES string of the molecule is CCC[C@@H](C)C(=O)[C@H](C)[C@@H](O)[C@@H](C)[C@H](OC(=O)[C@H](C)[C@@H](O)C(C)[C@H](C)O)[C@H]1CCC[C@H]1C(=O)O. The summed E-state index contributed by atoms with van der Waals surface area (Å²) in [6.07, 6.45) is -0.805. The number of aliphatic hydroxyl groups is 3. The van der Waals surface area contributed by atoms with Crippen molar-refractivity contribution in [1.82, 2.24) is 0 Å². The van der Waals surface area contributed by atoms with Crippen LogP contribution in [0.2, 0.25) is 0 Å². The Labute approximate surface area is 204 Å². The number of carbonyl (C=O) groups excluding carboxylic acids is 2. The van der Waals surface area contributed by atoms with Crippen molar-refractivity contribution < 1.29 is 39.5 Å². The van der Waals surface area contributed by atoms with Crippen molar-refractivity contribution in [2.75, 3.05) is 0 Å². The molecule has 0 spiro atoms. The van der Waals surface area contributed by atoms with E-state index in [-0.39, 0.29) is 11.7 Å². The number of carbonyl (C=O) groups is 3. The molecule has 0 aromatic carbocycles. The molecular formula is C26H46O8. The number of aliphatic hydroxyl groups excluding tert-OH is 3. The first-order valence-electron chi connectivity index (χ1n) is 12.8. The van der Waals surface area contributed by atoms with Gasteiger partial charge in [0.25, 0.3) is 0 Å². The summed E-state index contributed by atoms with van der Waals surface area (Å²) in [6, 6.07) is 0. The summed E-state index contributed by atoms with van der Waals surface area (Å²) in [5, 5.41) is 41.1. The van der Waals surface area contributed by atoms with Crippen molar-refractivity contribution in [3.05, 3.63) is 0 Å². The quantitative estimate of drug-likeness (QED) is 0.275. The van der Waals surface area contributed by atoms with Gasteiger partial charge >= 0.3 is 11.9 Å². The van der Waals surface area contributed by atoms with Gasteiger partial charge in [-0.2, -0.15) is 0 Å². The minimum Gasteiger partial charge on any atom is -0.481 e. The molecule has 0 aromatic rings. The lowest BCUT2D eigenvalue weighted by atomic mass is 9.77. The number of hydrogen-bond donors (Lipinski definition) is 4. The zero-order valence-corrected chi connectivity index (χ0v) is 21.8. The highest BCUT2D eigenvalue weighted by atomic mass is 16.5. The second-order valence-corrected chi connectivity index (χ2v) is 10.6. The van der Waals surface area contributed by atoms with Gasteiger partial charge in [-0.3, -0.25) is 14.4 Å². The van der Waals surface area contributed by atoms with Crippen molar-refractivity contribution in [3.63, 3.8) is 0 Å². The van der Waals surface area contributed by atoms with Gasteiger partial charge in [0, 0.05) is 29.6 Å². The first kappa shape index (κ1) is 30.5. The molecule has 198 valence electrons. The molecule has 0 radical (unpaired) electrons. The number of Topliss-reactive ketones (excluding diaryl/α,β-unsaturated/α-hetero) is 1. The highest BCUT2D eigenvalue weighted by molar-refractivity contribution is 5.83. The van der Waals surface area contributed by atoms with E-state index < -0.39 is 71.9 Å². The van der Waals surface area contributed by atoms with Crippen molar-refractivity contribution in [1.29, 1.82) is 0 Å². The molecule has 0 heterocycles. The summed E-state index contributed by atoms with van der Waals surface area (Å²) in [7, 11) is 0. The molecule has 11 atom stereocenters. The van der Waals surface area contributed by atoms with Crippen LogP contribution in [0, 0.1) is 41.4 Å². The zero-order valence-electron chi connectivity index (χ0n) is 21.8. The Morgan fingerprint density at radius 2 is 1.44 bits per heavy atom. The van der Waals surface area contributed by atoms with Crippen LogP contribution in [-0.2, 0) is 19.1 Å². The molecule has 8 heteroatoms. The van der Waals surface area contributed by atoms with Gasteiger partial charge < -0.3 is 25.2 Å². The number of ether oxygens (including phenoxy) is 1. The van der Waals surface area contributed by atoms with E-state index in [0.29, 0.717) is 25.7 Å². The number of esters is 1. The van der Waals surface area contributed by atoms with E-state index in [1.165, 1.54) is 13.8 Å². The van der Waals surface area contributed by atoms with E-state index in [0.717, 1.165) is 6.42 Å². The maximum Gasteiger partial charge on any atom is 0.311 e. The molecule has 1 unspecified atom stereocenters. The molecule has 1 aliphatic carbocycles. The second-order valence-electron chi connectivity index (χ2n) is 10.6. The van der Waals surface area contributed by atoms with E-state index in [1.807, 2.05) is 13.8 Å². The lowest BCUT2D eigenvalue weighted by Crippen LogP contribution is -2.47. The zero-order chi connectivity index (χ0) is 26.3. The van der Waals surface area contributed by atoms with Crippen LogP contribution in [0.3, 0.4) is 0 Å². The van der Waals surface area contributed by atoms with E-state index in [9.17, 15) is 34.8 Å². The van der Waals surface area contributed by atoms with Gasteiger partial charge in [-0.25, -0.2) is 0 Å². The molecule has 0 bridgehead atoms. The predicted octanol–water partition coefficient (Wildman–Crippen LogP) is 3.05. The van der Waals surface area contributed by atoms with E-state index in [2.05, 4.69) is 0 Å². The molecule has 0 aliphatic heterocycles. The van der Waals surface area contributed by atoms with Gasteiger partial charge in [-0.05, 0) is 33.1 Å². The fourth-order valence-corrected chi connectivity index (χ4v) is 5.24. The summed E-state index contributed by atoms with van der Waals surface area (Å²) in [6.45, 7) is 11.8. The van der Waals surface area contributed by atoms with Crippen LogP contribution in [-0.4, -0.2) is 62.6 Å². The van der Waals surface area contributed by atoms with Crippen LogP contribution in [0.15, 0.2) is 0 Å². The summed E-state index contributed by atoms with van der Waals surface area (Å²) in [5.74, 6) is -6.07. The van der Waals surface area contributed by atoms with Gasteiger partial charge in [-0.15, -0.1) is 0 Å². The fraction of sp³-hybridized carbons (Fsp3) is 0.885. The Morgan fingerprint density at radius 3 is 1.94 bits per heavy atom. The number of ketones is 1. The van der Waals surface area contributed by atoms with Crippen LogP contribution in [0.5, 0.6) is 0 Å². The van der Waals surface area contributed by atoms with E-state index in [4.69, 9.17) is 4.74 Å². The lowest BCUT2D eigenvalue weighted by Gasteiger charge is -2.37. The highest BCUT2D eigenvalue weighted by Crippen LogP contribution is 2.40. The number of rotatable bonds is 14. The number of hydrogen-bond acceptors (Lipinski definition) is 7. The van der Waals surface area contributed by atoms with Gasteiger partial charge in [0.05, 0.1) is 30.1 Å². The van der Waals surface area contributed by atoms with Gasteiger partial charge in [0.1, 0.15) is 11.9 Å². The Hall–Kier alpha value is -1.51. The van der Waals surface area contributed by atoms with E-state index in [1.54, 1.807) is 20.8 Å². The summed E-state index contributed by atoms with van der Waals surface area (Å²) in [5.41, 5.74) is 0. The summed E-state index contributed by atoms with van der Waals surface area (Å²) < 4.78 is 5.83. The first-order chi connectivity index (χ1) is 15.8. The standard InChI is InChI=1S/C26H46O8/c1-8-10-13(2)21(28)15(4)23(30)16(5)24(19-11-9-12-20(19)25(31)32)34-26(33)17(6)22(29)14(3)18(7)27/h13-20,22-24,27,29-30H,8-12H2,1-7H3,(H,31,32)/t13-,14?,15+,16-,17-,18+,19+,20-,22+,23-,24+/m1/s1. The number of carboxylic acids is 1. The van der Waals surface area contributed by atoms with Gasteiger partial charge in [-0.1, -0.05) is 47.5 Å². The molecule has 8 nitrogen and oxygen atoms in total. The monoisotopic (exact) mass is 486 g/mol. The average molecular weight is 487 g/mol. The predicted molar refractivity (Wildman–Crippen MR) is 128 cm³/mol. The molecule has 0 amide bonds. The van der Waals surface area contributed by atoms with Crippen LogP contribution in [0.25, 0.3) is 0 Å². The minimum absolute atomic E-state index is 0.0676. The molecule has 1 saturated carbocycles. The normalized spacial score (nSPS) is 26.4. The third kappa shape index (κ3) is 7.49. The Balaban J connectivity index is 3.17. The average Bonchev–Trinajstić information content (AvgIpc) is 3.28. The van der Waals surface area contributed by atoms with Crippen LogP contribution >= 0.6 is 0 Å². The molecule has 34 heavy (non-hydrogen) atoms. The summed E-state index contributed by atoms with van der Waals surface area (Å²) in [4.78, 5) is 37.7. The largest absolute Gasteiger partial charge is 0.481 e. The van der Waals surface area contributed by atoms with Crippen molar-refractivity contribution in [3.8, 4) is 0 Å². The highest BCUT2D eigenvalue weighted by Gasteiger charge is 2.46. The molecule has 4 N–H and O–H groups in total. The van der Waals surface area contributed by atoms with Gasteiger partial charge in [0.2, 0.25) is 0 Å². The third-order valence-electron chi connectivity index (χ3n) is 7.97. The lowest BCUT2D eigenvalue weighted by molar-refractivity contribution is -0.173. The molecule has 1 rings (SSSR count). The molecule has 1 aliphatic rings. The van der Waals surface area contributed by atoms with Crippen molar-refractivity contribution in [2.45, 2.75) is 105 Å². The maximum absolute atomic E-state index is 13.0. The molecular weight excluding hydrogens is 440 g/mol. The second kappa shape index (κ2) is 13.5. The number of aliphatic carboxylic acids is 1. The van der Waals surface area contributed by atoms with Crippen molar-refractivity contribution >= 4 is 17.7 Å². The molecule has 0 saturated heterocycles. The van der Waals surface area contributed by atoms with Crippen molar-refractivity contribution in [2.24, 2.45) is 41.4 Å². The topological polar surface area (TPSA) is 141 Å². The third-order valence-corrected chi connectivity index (χ3v) is 7.97. The number of carboxylic acid groups (broad SMARTS) is 1. The molecule has 1 fully saturated rings. The van der Waals surface area contributed by atoms with Crippen LogP contribution in [0.1, 0.15) is 80.6 Å². The Kier molecular flexibility index (Phi) is 12.2. The summed E-state index contributed by atoms with van der Waals surface area (Å²) >= 11 is 0. The van der Waals surface area contributed by atoms with Gasteiger partial charge in [0.15, 0.2) is 0 Å². The molecule has 0 aromatic heterocycles. The van der Waals surface area contributed by atoms with E-state index >= 15 is 0 Å². The Morgan fingerprint density at radius 1 is 0.882 bits per heavy atom. The van der Waals surface area contributed by atoms with Crippen LogP contribution in [0.4, 0.5) is 0 Å². The maximum atomic E-state index is 13.0. The Bertz CT molecular complexity index is 678.